The Balaban J connectivity index is 1.58. The van der Waals surface area contributed by atoms with E-state index in [1.165, 1.54) is 0 Å². The van der Waals surface area contributed by atoms with E-state index in [1.807, 2.05) is 27.9 Å². The van der Waals surface area contributed by atoms with Crippen molar-refractivity contribution in [1.29, 1.82) is 0 Å². The van der Waals surface area contributed by atoms with E-state index in [4.69, 9.17) is 23.2 Å². The summed E-state index contributed by atoms with van der Waals surface area (Å²) in [6.07, 6.45) is 5.68. The molecule has 122 valence electrons. The Labute approximate surface area is 145 Å². The highest BCUT2D eigenvalue weighted by Gasteiger charge is 2.28. The fraction of sp³-hybridized carbons (Fsp3) is 0.375. The minimum Gasteiger partial charge on any atom is -0.334 e. The molecule has 0 saturated carbocycles. The number of halogens is 2. The van der Waals surface area contributed by atoms with Crippen molar-refractivity contribution in [2.75, 3.05) is 6.54 Å². The number of carbonyl (C=O) groups excluding carboxylic acids is 1. The first kappa shape index (κ1) is 16.1. The highest BCUT2D eigenvalue weighted by molar-refractivity contribution is 6.35. The Morgan fingerprint density at radius 3 is 3.00 bits per heavy atom. The van der Waals surface area contributed by atoms with Crippen molar-refractivity contribution in [2.24, 2.45) is 0 Å². The maximum absolute atomic E-state index is 12.5. The van der Waals surface area contributed by atoms with Gasteiger partial charge in [0, 0.05) is 35.5 Å². The number of rotatable bonds is 4. The summed E-state index contributed by atoms with van der Waals surface area (Å²) in [4.78, 5) is 14.3. The van der Waals surface area contributed by atoms with Gasteiger partial charge >= 0.3 is 6.03 Å². The van der Waals surface area contributed by atoms with Crippen LogP contribution in [0.5, 0.6) is 0 Å². The quantitative estimate of drug-likeness (QED) is 0.914. The number of likely N-dealkylation sites (tertiary alicyclic amines) is 1. The number of nitrogens with one attached hydrogen (secondary N) is 1. The first-order chi connectivity index (χ1) is 11.1. The van der Waals surface area contributed by atoms with Gasteiger partial charge in [0.2, 0.25) is 0 Å². The smallest absolute Gasteiger partial charge is 0.317 e. The van der Waals surface area contributed by atoms with Gasteiger partial charge in [-0.2, -0.15) is 5.10 Å². The summed E-state index contributed by atoms with van der Waals surface area (Å²) in [7, 11) is 0. The summed E-state index contributed by atoms with van der Waals surface area (Å²) >= 11 is 12.0. The molecule has 0 aliphatic carbocycles. The van der Waals surface area contributed by atoms with E-state index < -0.39 is 0 Å². The van der Waals surface area contributed by atoms with Crippen molar-refractivity contribution >= 4 is 29.2 Å². The van der Waals surface area contributed by atoms with Gasteiger partial charge in [0.05, 0.1) is 12.6 Å². The summed E-state index contributed by atoms with van der Waals surface area (Å²) in [5.74, 6) is 0. The molecule has 7 heteroatoms. The van der Waals surface area contributed by atoms with Crippen LogP contribution in [0.3, 0.4) is 0 Å². The van der Waals surface area contributed by atoms with Gasteiger partial charge in [-0.3, -0.25) is 4.68 Å². The lowest BCUT2D eigenvalue weighted by Gasteiger charge is -2.25. The monoisotopic (exact) mass is 352 g/mol. The number of aromatic nitrogens is 2. The minimum atomic E-state index is -0.0642. The summed E-state index contributed by atoms with van der Waals surface area (Å²) in [5, 5.41) is 8.31. The number of carbonyl (C=O) groups is 1. The third-order valence-corrected chi connectivity index (χ3v) is 4.63. The number of hydrogen-bond acceptors (Lipinski definition) is 2. The number of urea groups is 1. The Morgan fingerprint density at radius 2 is 2.26 bits per heavy atom. The van der Waals surface area contributed by atoms with Crippen LogP contribution in [0.4, 0.5) is 4.79 Å². The Bertz CT molecular complexity index is 675. The van der Waals surface area contributed by atoms with Crippen LogP contribution in [-0.2, 0) is 13.1 Å². The van der Waals surface area contributed by atoms with Gasteiger partial charge < -0.3 is 10.2 Å². The van der Waals surface area contributed by atoms with Crippen LogP contribution in [0.25, 0.3) is 0 Å². The lowest BCUT2D eigenvalue weighted by atomic mass is 10.2. The van der Waals surface area contributed by atoms with Crippen LogP contribution >= 0.6 is 23.2 Å². The van der Waals surface area contributed by atoms with Crippen molar-refractivity contribution in [3.63, 3.8) is 0 Å². The molecular formula is C16H18Cl2N4O. The van der Waals surface area contributed by atoms with Crippen LogP contribution in [0, 0.1) is 0 Å². The van der Waals surface area contributed by atoms with E-state index in [0.717, 1.165) is 31.5 Å². The molecule has 1 atom stereocenters. The third-order valence-electron chi connectivity index (χ3n) is 4.04. The number of nitrogens with zero attached hydrogens (tertiary/aromatic N) is 3. The topological polar surface area (TPSA) is 50.2 Å². The van der Waals surface area contributed by atoms with Crippen molar-refractivity contribution in [2.45, 2.75) is 32.0 Å². The van der Waals surface area contributed by atoms with Crippen molar-refractivity contribution in [3.05, 3.63) is 52.3 Å². The zero-order valence-electron chi connectivity index (χ0n) is 12.6. The maximum Gasteiger partial charge on any atom is 0.317 e. The van der Waals surface area contributed by atoms with Gasteiger partial charge in [-0.15, -0.1) is 0 Å². The SMILES string of the molecule is O=C(NCc1ccc(Cl)cc1Cl)N1CCCC1Cn1cccn1. The minimum absolute atomic E-state index is 0.0642. The van der Waals surface area contributed by atoms with E-state index in [-0.39, 0.29) is 12.1 Å². The summed E-state index contributed by atoms with van der Waals surface area (Å²) < 4.78 is 1.87. The molecule has 5 nitrogen and oxygen atoms in total. The molecule has 2 aromatic rings. The van der Waals surface area contributed by atoms with Gasteiger partial charge in [0.15, 0.2) is 0 Å². The van der Waals surface area contributed by atoms with Gasteiger partial charge in [0.25, 0.3) is 0 Å². The van der Waals surface area contributed by atoms with Gasteiger partial charge in [-0.05, 0) is 36.6 Å². The summed E-state index contributed by atoms with van der Waals surface area (Å²) in [5.41, 5.74) is 0.854. The maximum atomic E-state index is 12.5. The van der Waals surface area contributed by atoms with E-state index in [0.29, 0.717) is 16.6 Å². The van der Waals surface area contributed by atoms with Crippen LogP contribution < -0.4 is 5.32 Å². The Hall–Kier alpha value is -1.72. The normalized spacial score (nSPS) is 17.5. The fourth-order valence-electron chi connectivity index (χ4n) is 2.85. The Morgan fingerprint density at radius 1 is 1.39 bits per heavy atom. The van der Waals surface area contributed by atoms with Gasteiger partial charge in [-0.25, -0.2) is 4.79 Å². The molecule has 1 unspecified atom stereocenters. The van der Waals surface area contributed by atoms with E-state index in [1.54, 1.807) is 18.3 Å². The molecule has 1 aliphatic heterocycles. The molecule has 2 amide bonds. The molecule has 1 aromatic carbocycles. The molecule has 1 saturated heterocycles. The first-order valence-corrected chi connectivity index (χ1v) is 8.35. The van der Waals surface area contributed by atoms with E-state index in [2.05, 4.69) is 10.4 Å². The van der Waals surface area contributed by atoms with E-state index >= 15 is 0 Å². The predicted molar refractivity (Wildman–Crippen MR) is 90.7 cm³/mol. The molecule has 3 rings (SSSR count). The number of amides is 2. The van der Waals surface area contributed by atoms with Crippen LogP contribution in [0.1, 0.15) is 18.4 Å². The van der Waals surface area contributed by atoms with Gasteiger partial charge in [0.1, 0.15) is 0 Å². The lowest BCUT2D eigenvalue weighted by molar-refractivity contribution is 0.185. The molecule has 23 heavy (non-hydrogen) atoms. The molecule has 1 aromatic heterocycles. The molecule has 2 heterocycles. The third kappa shape index (κ3) is 3.98. The number of hydrogen-bond donors (Lipinski definition) is 1. The standard InChI is InChI=1S/C16H18Cl2N4O/c17-13-5-4-12(15(18)9-13)10-19-16(23)22-8-1-3-14(22)11-21-7-2-6-20-21/h2,4-7,9,14H,1,3,8,10-11H2,(H,19,23). The van der Waals surface area contributed by atoms with E-state index in [9.17, 15) is 4.79 Å². The summed E-state index contributed by atoms with van der Waals surface area (Å²) in [6, 6.07) is 7.28. The van der Waals surface area contributed by atoms with Crippen LogP contribution in [0.15, 0.2) is 36.7 Å². The lowest BCUT2D eigenvalue weighted by Crippen LogP contribution is -2.44. The second-order valence-corrected chi connectivity index (χ2v) is 6.46. The fourth-order valence-corrected chi connectivity index (χ4v) is 3.33. The molecule has 1 N–H and O–H groups in total. The number of benzene rings is 1. The summed E-state index contributed by atoms with van der Waals surface area (Å²) in [6.45, 7) is 1.88. The van der Waals surface area contributed by atoms with Crippen molar-refractivity contribution in [3.8, 4) is 0 Å². The molecular weight excluding hydrogens is 335 g/mol. The molecule has 0 spiro atoms. The average Bonchev–Trinajstić information content (AvgIpc) is 3.18. The predicted octanol–water partition coefficient (Wildman–Crippen LogP) is 3.56. The molecule has 1 fully saturated rings. The zero-order chi connectivity index (χ0) is 16.2. The second kappa shape index (κ2) is 7.23. The highest BCUT2D eigenvalue weighted by Crippen LogP contribution is 2.22. The zero-order valence-corrected chi connectivity index (χ0v) is 14.1. The second-order valence-electron chi connectivity index (χ2n) is 5.61. The van der Waals surface area contributed by atoms with Crippen molar-refractivity contribution < 1.29 is 4.79 Å². The van der Waals surface area contributed by atoms with Crippen LogP contribution in [0.2, 0.25) is 10.0 Å². The van der Waals surface area contributed by atoms with Crippen LogP contribution in [-0.4, -0.2) is 33.3 Å². The van der Waals surface area contributed by atoms with Crippen molar-refractivity contribution in [1.82, 2.24) is 20.0 Å². The first-order valence-electron chi connectivity index (χ1n) is 7.59. The largest absolute Gasteiger partial charge is 0.334 e. The molecule has 1 aliphatic rings. The highest BCUT2D eigenvalue weighted by atomic mass is 35.5. The molecule has 0 bridgehead atoms. The molecule has 0 radical (unpaired) electrons. The Kier molecular flexibility index (Phi) is 5.08. The average molecular weight is 353 g/mol. The van der Waals surface area contributed by atoms with Gasteiger partial charge in [-0.1, -0.05) is 29.3 Å².